The van der Waals surface area contributed by atoms with Crippen molar-refractivity contribution in [2.45, 2.75) is 48.4 Å². The van der Waals surface area contributed by atoms with Crippen LogP contribution in [0.1, 0.15) is 49.0 Å². The van der Waals surface area contributed by atoms with Gasteiger partial charge in [0, 0.05) is 17.7 Å². The largest absolute Gasteiger partial charge is 0.497 e. The van der Waals surface area contributed by atoms with E-state index in [1.54, 1.807) is 11.7 Å². The Morgan fingerprint density at radius 2 is 2.04 bits per heavy atom. The first-order chi connectivity index (χ1) is 13.6. The average Bonchev–Trinajstić information content (AvgIpc) is 3.59. The van der Waals surface area contributed by atoms with Gasteiger partial charge in [-0.2, -0.15) is 0 Å². The van der Waals surface area contributed by atoms with E-state index in [2.05, 4.69) is 9.97 Å². The smallest absolute Gasteiger partial charge is 0.330 e. The molecule has 2 fully saturated rings. The molecule has 0 bridgehead atoms. The highest BCUT2D eigenvalue weighted by molar-refractivity contribution is 7.98. The molecule has 0 spiro atoms. The van der Waals surface area contributed by atoms with Gasteiger partial charge >= 0.3 is 5.69 Å². The molecule has 0 radical (unpaired) electrons. The minimum Gasteiger partial charge on any atom is -0.497 e. The Morgan fingerprint density at radius 1 is 1.21 bits per heavy atom. The number of thioether (sulfide) groups is 1. The SMILES string of the molecule is COc1cccc(CSc2nc(C3CC3)nc3c2c(=O)[nH]c(=O)n3C2CC2)c1. The van der Waals surface area contributed by atoms with Gasteiger partial charge in [0.05, 0.1) is 7.11 Å². The van der Waals surface area contributed by atoms with E-state index in [9.17, 15) is 9.59 Å². The molecule has 2 aliphatic carbocycles. The molecule has 1 N–H and O–H groups in total. The fourth-order valence-electron chi connectivity index (χ4n) is 3.35. The summed E-state index contributed by atoms with van der Waals surface area (Å²) in [7, 11) is 1.64. The summed E-state index contributed by atoms with van der Waals surface area (Å²) in [6.07, 6.45) is 4.00. The summed E-state index contributed by atoms with van der Waals surface area (Å²) in [4.78, 5) is 36.9. The summed E-state index contributed by atoms with van der Waals surface area (Å²) in [5, 5.41) is 1.06. The molecular formula is C20H20N4O3S. The molecular weight excluding hydrogens is 376 g/mol. The van der Waals surface area contributed by atoms with Crippen molar-refractivity contribution in [3.05, 3.63) is 56.5 Å². The predicted molar refractivity (Wildman–Crippen MR) is 107 cm³/mol. The molecule has 7 nitrogen and oxygen atoms in total. The van der Waals surface area contributed by atoms with E-state index < -0.39 is 5.56 Å². The van der Waals surface area contributed by atoms with Crippen LogP contribution in [0.4, 0.5) is 0 Å². The number of hydrogen-bond acceptors (Lipinski definition) is 6. The van der Waals surface area contributed by atoms with Crippen molar-refractivity contribution in [2.24, 2.45) is 0 Å². The van der Waals surface area contributed by atoms with Gasteiger partial charge in [-0.25, -0.2) is 14.8 Å². The van der Waals surface area contributed by atoms with E-state index in [4.69, 9.17) is 9.72 Å². The minimum absolute atomic E-state index is 0.130. The summed E-state index contributed by atoms with van der Waals surface area (Å²) in [5.41, 5.74) is 0.786. The first kappa shape index (κ1) is 17.5. The molecule has 0 atom stereocenters. The monoisotopic (exact) mass is 396 g/mol. The minimum atomic E-state index is -0.410. The molecule has 1 aromatic carbocycles. The van der Waals surface area contributed by atoms with Crippen molar-refractivity contribution in [3.63, 3.8) is 0 Å². The van der Waals surface area contributed by atoms with E-state index in [1.165, 1.54) is 11.8 Å². The quantitative estimate of drug-likeness (QED) is 0.509. The van der Waals surface area contributed by atoms with Crippen LogP contribution in [-0.2, 0) is 5.75 Å². The van der Waals surface area contributed by atoms with Crippen molar-refractivity contribution >= 4 is 22.8 Å². The maximum atomic E-state index is 12.6. The fourth-order valence-corrected chi connectivity index (χ4v) is 4.32. The summed E-state index contributed by atoms with van der Waals surface area (Å²) >= 11 is 1.50. The number of hydrogen-bond donors (Lipinski definition) is 1. The molecule has 0 saturated heterocycles. The fraction of sp³-hybridized carbons (Fsp3) is 0.400. The van der Waals surface area contributed by atoms with Crippen molar-refractivity contribution in [3.8, 4) is 5.75 Å². The van der Waals surface area contributed by atoms with Crippen molar-refractivity contribution in [1.82, 2.24) is 19.5 Å². The van der Waals surface area contributed by atoms with Gasteiger partial charge < -0.3 is 4.74 Å². The van der Waals surface area contributed by atoms with Gasteiger partial charge in [0.2, 0.25) is 0 Å². The third-order valence-electron chi connectivity index (χ3n) is 5.13. The number of nitrogens with one attached hydrogen (secondary N) is 1. The maximum Gasteiger partial charge on any atom is 0.330 e. The Kier molecular flexibility index (Phi) is 4.23. The molecule has 0 unspecified atom stereocenters. The summed E-state index contributed by atoms with van der Waals surface area (Å²) in [6.45, 7) is 0. The molecule has 8 heteroatoms. The van der Waals surface area contributed by atoms with Crippen LogP contribution in [0.5, 0.6) is 5.75 Å². The lowest BCUT2D eigenvalue weighted by Crippen LogP contribution is -2.31. The van der Waals surface area contributed by atoms with Gasteiger partial charge in [0.15, 0.2) is 5.65 Å². The third kappa shape index (κ3) is 3.22. The van der Waals surface area contributed by atoms with Gasteiger partial charge in [0.1, 0.15) is 22.0 Å². The lowest BCUT2D eigenvalue weighted by atomic mass is 10.2. The molecule has 28 heavy (non-hydrogen) atoms. The molecule has 0 aliphatic heterocycles. The number of fused-ring (bicyclic) bond motifs is 1. The Balaban J connectivity index is 1.61. The predicted octanol–water partition coefficient (Wildman–Crippen LogP) is 2.99. The normalized spacial score (nSPS) is 16.5. The second-order valence-corrected chi connectivity index (χ2v) is 8.32. The summed E-state index contributed by atoms with van der Waals surface area (Å²) in [6, 6.07) is 7.97. The molecule has 0 amide bonds. The molecule has 2 saturated carbocycles. The molecule has 2 aliphatic rings. The zero-order chi connectivity index (χ0) is 19.3. The number of aromatic amines is 1. The molecule has 2 heterocycles. The zero-order valence-electron chi connectivity index (χ0n) is 15.5. The van der Waals surface area contributed by atoms with Crippen LogP contribution in [0.15, 0.2) is 38.9 Å². The van der Waals surface area contributed by atoms with Crippen LogP contribution in [0.3, 0.4) is 0 Å². The maximum absolute atomic E-state index is 12.6. The van der Waals surface area contributed by atoms with Crippen LogP contribution in [-0.4, -0.2) is 26.6 Å². The molecule has 144 valence electrons. The van der Waals surface area contributed by atoms with Crippen LogP contribution in [0.25, 0.3) is 11.0 Å². The van der Waals surface area contributed by atoms with E-state index >= 15 is 0 Å². The Hall–Kier alpha value is -2.61. The molecule has 3 aromatic rings. The van der Waals surface area contributed by atoms with Crippen LogP contribution in [0.2, 0.25) is 0 Å². The second-order valence-electron chi connectivity index (χ2n) is 7.36. The van der Waals surface area contributed by atoms with Crippen molar-refractivity contribution in [2.75, 3.05) is 7.11 Å². The van der Waals surface area contributed by atoms with E-state index in [0.717, 1.165) is 42.8 Å². The van der Waals surface area contributed by atoms with E-state index in [0.29, 0.717) is 27.7 Å². The van der Waals surface area contributed by atoms with Gasteiger partial charge in [-0.05, 0) is 43.4 Å². The number of methoxy groups -OCH3 is 1. The second kappa shape index (κ2) is 6.77. The van der Waals surface area contributed by atoms with Gasteiger partial charge in [0.25, 0.3) is 5.56 Å². The summed E-state index contributed by atoms with van der Waals surface area (Å²) in [5.74, 6) is 2.53. The van der Waals surface area contributed by atoms with E-state index in [1.807, 2.05) is 24.3 Å². The highest BCUT2D eigenvalue weighted by atomic mass is 32.2. The van der Waals surface area contributed by atoms with Crippen molar-refractivity contribution < 1.29 is 4.74 Å². The number of benzene rings is 1. The Labute approximate surface area is 165 Å². The standard InChI is InChI=1S/C20H20N4O3S/c1-27-14-4-2-3-11(9-14)10-28-19-15-17(21-16(22-19)12-5-6-12)24(13-7-8-13)20(26)23-18(15)25/h2-4,9,12-13H,5-8,10H2,1H3,(H,23,25,26). The van der Waals surface area contributed by atoms with Crippen LogP contribution >= 0.6 is 11.8 Å². The number of nitrogens with zero attached hydrogens (tertiary/aromatic N) is 3. The van der Waals surface area contributed by atoms with Crippen LogP contribution < -0.4 is 16.0 Å². The van der Waals surface area contributed by atoms with Gasteiger partial charge in [-0.3, -0.25) is 14.3 Å². The first-order valence-corrected chi connectivity index (χ1v) is 10.4. The highest BCUT2D eigenvalue weighted by Crippen LogP contribution is 2.41. The average molecular weight is 396 g/mol. The number of rotatable bonds is 6. The topological polar surface area (TPSA) is 89.9 Å². The Bertz CT molecular complexity index is 1180. The lowest BCUT2D eigenvalue weighted by Gasteiger charge is -2.12. The summed E-state index contributed by atoms with van der Waals surface area (Å²) < 4.78 is 6.94. The Morgan fingerprint density at radius 3 is 2.75 bits per heavy atom. The lowest BCUT2D eigenvalue weighted by molar-refractivity contribution is 0.414. The third-order valence-corrected chi connectivity index (χ3v) is 6.18. The number of ether oxygens (including phenoxy) is 1. The first-order valence-electron chi connectivity index (χ1n) is 9.46. The van der Waals surface area contributed by atoms with Gasteiger partial charge in [-0.15, -0.1) is 11.8 Å². The van der Waals surface area contributed by atoms with E-state index in [-0.39, 0.29) is 11.7 Å². The number of H-pyrrole nitrogens is 1. The van der Waals surface area contributed by atoms with Crippen LogP contribution in [0, 0.1) is 0 Å². The van der Waals surface area contributed by atoms with Gasteiger partial charge in [-0.1, -0.05) is 12.1 Å². The molecule has 5 rings (SSSR count). The number of aromatic nitrogens is 4. The molecule has 2 aromatic heterocycles. The zero-order valence-corrected chi connectivity index (χ0v) is 16.3. The van der Waals surface area contributed by atoms with Crippen molar-refractivity contribution in [1.29, 1.82) is 0 Å². The highest BCUT2D eigenvalue weighted by Gasteiger charge is 2.32.